The lowest BCUT2D eigenvalue weighted by Gasteiger charge is -2.20. The zero-order valence-electron chi connectivity index (χ0n) is 20.6. The number of nitriles is 1. The standard InChI is InChI=1S/C28H22BrF2N3O4S/c1-2-38-26(37)19(13-17-7-10-20(35)11-8-17)14-24(36)28(30,31)39-27-33-16-25(29)34(27)23-12-9-18(15-32)21-5-3-4-6-22(21)23/h3-12,16,19,35H,2,13-14H2,1H3. The number of benzene rings is 3. The van der Waals surface area contributed by atoms with Crippen LogP contribution >= 0.6 is 27.7 Å². The van der Waals surface area contributed by atoms with Crippen molar-refractivity contribution in [2.45, 2.75) is 30.2 Å². The van der Waals surface area contributed by atoms with Gasteiger partial charge in [-0.15, -0.1) is 0 Å². The van der Waals surface area contributed by atoms with Gasteiger partial charge in [-0.05, 0) is 70.9 Å². The number of imidazole rings is 1. The molecule has 4 rings (SSSR count). The van der Waals surface area contributed by atoms with Crippen LogP contribution in [0.4, 0.5) is 8.78 Å². The Morgan fingerprint density at radius 3 is 2.51 bits per heavy atom. The lowest BCUT2D eigenvalue weighted by atomic mass is 9.94. The normalized spacial score (nSPS) is 12.2. The van der Waals surface area contributed by atoms with E-state index in [0.717, 1.165) is 0 Å². The summed E-state index contributed by atoms with van der Waals surface area (Å²) < 4.78 is 37.6. The Morgan fingerprint density at radius 1 is 1.15 bits per heavy atom. The van der Waals surface area contributed by atoms with Crippen LogP contribution in [0.2, 0.25) is 0 Å². The third kappa shape index (κ3) is 6.29. The number of rotatable bonds is 10. The van der Waals surface area contributed by atoms with Crippen LogP contribution in [0.1, 0.15) is 24.5 Å². The van der Waals surface area contributed by atoms with E-state index in [4.69, 9.17) is 4.74 Å². The molecule has 4 aromatic rings. The van der Waals surface area contributed by atoms with Crippen molar-refractivity contribution >= 4 is 50.2 Å². The van der Waals surface area contributed by atoms with Gasteiger partial charge in [-0.25, -0.2) is 4.98 Å². The van der Waals surface area contributed by atoms with Gasteiger partial charge in [-0.3, -0.25) is 14.2 Å². The number of halogens is 3. The molecular weight excluding hydrogens is 592 g/mol. The number of carbonyl (C=O) groups excluding carboxylic acids is 2. The fourth-order valence-corrected chi connectivity index (χ4v) is 5.51. The number of nitrogens with zero attached hydrogens (tertiary/aromatic N) is 3. The molecule has 11 heteroatoms. The summed E-state index contributed by atoms with van der Waals surface area (Å²) >= 11 is 3.33. The molecule has 3 aromatic carbocycles. The van der Waals surface area contributed by atoms with Crippen LogP contribution in [-0.4, -0.2) is 38.3 Å². The number of ketones is 1. The van der Waals surface area contributed by atoms with Crippen LogP contribution in [0.25, 0.3) is 16.5 Å². The number of esters is 1. The minimum Gasteiger partial charge on any atom is -0.508 e. The first-order valence-electron chi connectivity index (χ1n) is 11.8. The van der Waals surface area contributed by atoms with E-state index >= 15 is 8.78 Å². The highest BCUT2D eigenvalue weighted by Gasteiger charge is 2.43. The second-order valence-corrected chi connectivity index (χ2v) is 10.4. The first kappa shape index (κ1) is 28.3. The maximum Gasteiger partial charge on any atom is 0.358 e. The summed E-state index contributed by atoms with van der Waals surface area (Å²) in [6.07, 6.45) is 0.590. The van der Waals surface area contributed by atoms with E-state index in [0.29, 0.717) is 32.2 Å². The average molecular weight is 614 g/mol. The number of hydrogen-bond donors (Lipinski definition) is 1. The lowest BCUT2D eigenvalue weighted by Crippen LogP contribution is -2.31. The van der Waals surface area contributed by atoms with Crippen LogP contribution < -0.4 is 0 Å². The van der Waals surface area contributed by atoms with Crippen molar-refractivity contribution in [3.63, 3.8) is 0 Å². The third-order valence-corrected chi connectivity index (χ3v) is 7.48. The number of aromatic nitrogens is 2. The fraction of sp³-hybridized carbons (Fsp3) is 0.214. The highest BCUT2D eigenvalue weighted by Crippen LogP contribution is 2.41. The van der Waals surface area contributed by atoms with Crippen molar-refractivity contribution in [2.24, 2.45) is 5.92 Å². The molecule has 200 valence electrons. The van der Waals surface area contributed by atoms with Crippen molar-refractivity contribution in [2.75, 3.05) is 6.61 Å². The van der Waals surface area contributed by atoms with Gasteiger partial charge >= 0.3 is 11.2 Å². The maximum absolute atomic E-state index is 15.4. The monoisotopic (exact) mass is 613 g/mol. The Balaban J connectivity index is 1.62. The van der Waals surface area contributed by atoms with Crippen LogP contribution in [0.15, 0.2) is 76.6 Å². The van der Waals surface area contributed by atoms with Crippen LogP contribution in [0, 0.1) is 17.2 Å². The van der Waals surface area contributed by atoms with Crippen molar-refractivity contribution in [1.82, 2.24) is 9.55 Å². The molecule has 0 bridgehead atoms. The number of aromatic hydroxyl groups is 1. The van der Waals surface area contributed by atoms with E-state index in [1.165, 1.54) is 22.9 Å². The number of thioether (sulfide) groups is 1. The van der Waals surface area contributed by atoms with Crippen molar-refractivity contribution < 1.29 is 28.2 Å². The highest BCUT2D eigenvalue weighted by atomic mass is 79.9. The molecule has 1 unspecified atom stereocenters. The summed E-state index contributed by atoms with van der Waals surface area (Å²) in [5, 5.41) is 16.2. The SMILES string of the molecule is CCOC(=O)C(CC(=O)C(F)(F)Sc1ncc(Br)n1-c1ccc(C#N)c2ccccc12)Cc1ccc(O)cc1. The Labute approximate surface area is 235 Å². The van der Waals surface area contributed by atoms with E-state index < -0.39 is 29.3 Å². The molecule has 0 aliphatic carbocycles. The lowest BCUT2D eigenvalue weighted by molar-refractivity contribution is -0.151. The number of ether oxygens (including phenoxy) is 1. The predicted molar refractivity (Wildman–Crippen MR) is 146 cm³/mol. The van der Waals surface area contributed by atoms with Gasteiger partial charge in [0.15, 0.2) is 5.16 Å². The summed E-state index contributed by atoms with van der Waals surface area (Å²) in [4.78, 5) is 29.5. The molecule has 0 radical (unpaired) electrons. The second-order valence-electron chi connectivity index (χ2n) is 8.55. The summed E-state index contributed by atoms with van der Waals surface area (Å²) in [6.45, 7) is 1.63. The fourth-order valence-electron chi connectivity index (χ4n) is 4.11. The molecule has 1 heterocycles. The highest BCUT2D eigenvalue weighted by molar-refractivity contribution is 9.10. The van der Waals surface area contributed by atoms with E-state index in [9.17, 15) is 20.0 Å². The number of fused-ring (bicyclic) bond motifs is 1. The number of carbonyl (C=O) groups is 2. The topological polar surface area (TPSA) is 105 Å². The quantitative estimate of drug-likeness (QED) is 0.162. The number of phenols is 1. The zero-order valence-corrected chi connectivity index (χ0v) is 23.0. The van der Waals surface area contributed by atoms with Gasteiger partial charge in [0.2, 0.25) is 5.78 Å². The minimum absolute atomic E-state index is 0.0109. The smallest absolute Gasteiger partial charge is 0.358 e. The van der Waals surface area contributed by atoms with E-state index in [-0.39, 0.29) is 35.7 Å². The molecule has 0 spiro atoms. The molecule has 0 fully saturated rings. The molecular formula is C28H22BrF2N3O4S. The molecule has 39 heavy (non-hydrogen) atoms. The zero-order chi connectivity index (χ0) is 28.2. The number of phenolic OH excluding ortho intramolecular Hbond substituents is 1. The van der Waals surface area contributed by atoms with Crippen LogP contribution in [0.5, 0.6) is 5.75 Å². The molecule has 1 aromatic heterocycles. The summed E-state index contributed by atoms with van der Waals surface area (Å²) in [5.74, 6) is -3.32. The number of hydrogen-bond acceptors (Lipinski definition) is 7. The predicted octanol–water partition coefficient (Wildman–Crippen LogP) is 6.43. The Bertz CT molecular complexity index is 1570. The molecule has 1 atom stereocenters. The summed E-state index contributed by atoms with van der Waals surface area (Å²) in [6, 6.07) is 18.3. The molecule has 1 N–H and O–H groups in total. The molecule has 0 amide bonds. The van der Waals surface area contributed by atoms with Gasteiger partial charge < -0.3 is 9.84 Å². The van der Waals surface area contributed by atoms with Gasteiger partial charge in [-0.2, -0.15) is 14.0 Å². The molecule has 0 saturated heterocycles. The molecule has 0 aliphatic heterocycles. The van der Waals surface area contributed by atoms with E-state index in [1.807, 2.05) is 0 Å². The van der Waals surface area contributed by atoms with E-state index in [1.54, 1.807) is 55.5 Å². The summed E-state index contributed by atoms with van der Waals surface area (Å²) in [7, 11) is 0. The van der Waals surface area contributed by atoms with Crippen LogP contribution in [0.3, 0.4) is 0 Å². The van der Waals surface area contributed by atoms with Crippen molar-refractivity contribution in [1.29, 1.82) is 5.26 Å². The van der Waals surface area contributed by atoms with Gasteiger partial charge in [0.25, 0.3) is 0 Å². The Hall–Kier alpha value is -3.75. The molecule has 0 saturated carbocycles. The van der Waals surface area contributed by atoms with Gasteiger partial charge in [0, 0.05) is 17.2 Å². The average Bonchev–Trinajstić information content (AvgIpc) is 3.27. The molecule has 7 nitrogen and oxygen atoms in total. The van der Waals surface area contributed by atoms with Crippen molar-refractivity contribution in [3.05, 3.63) is 82.6 Å². The first-order chi connectivity index (χ1) is 18.6. The van der Waals surface area contributed by atoms with Gasteiger partial charge in [0.05, 0.1) is 36.0 Å². The van der Waals surface area contributed by atoms with E-state index in [2.05, 4.69) is 27.0 Å². The van der Waals surface area contributed by atoms with Gasteiger partial charge in [-0.1, -0.05) is 36.4 Å². The maximum atomic E-state index is 15.4. The Morgan fingerprint density at radius 2 is 1.85 bits per heavy atom. The summed E-state index contributed by atoms with van der Waals surface area (Å²) in [5.41, 5.74) is 1.51. The second kappa shape index (κ2) is 12.0. The third-order valence-electron chi connectivity index (χ3n) is 5.96. The van der Waals surface area contributed by atoms with Crippen LogP contribution in [-0.2, 0) is 20.7 Å². The first-order valence-corrected chi connectivity index (χ1v) is 13.5. The number of alkyl halides is 2. The molecule has 0 aliphatic rings. The minimum atomic E-state index is -3.91. The van der Waals surface area contributed by atoms with Gasteiger partial charge in [0.1, 0.15) is 10.4 Å². The largest absolute Gasteiger partial charge is 0.508 e. The van der Waals surface area contributed by atoms with Crippen molar-refractivity contribution in [3.8, 4) is 17.5 Å². The Kier molecular flexibility index (Phi) is 8.67. The number of Topliss-reactive ketones (excluding diaryl/α,β-unsaturated/α-hetero) is 1.